The first kappa shape index (κ1) is 21.7. The van der Waals surface area contributed by atoms with Crippen LogP contribution < -0.4 is 14.8 Å². The molecule has 3 aromatic rings. The third kappa shape index (κ3) is 5.55. The predicted octanol–water partition coefficient (Wildman–Crippen LogP) is 5.00. The fourth-order valence-electron chi connectivity index (χ4n) is 2.70. The van der Waals surface area contributed by atoms with Crippen molar-refractivity contribution in [2.45, 2.75) is 28.5 Å². The molecule has 0 aliphatic rings. The first-order valence-electron chi connectivity index (χ1n) is 9.28. The standard InChI is InChI=1S/C22H22N2O4S2/c1-3-28-21-14-13-18(15-20(21)23-16(2)25)30(26,27)24-19-11-7-8-12-22(19)29-17-9-5-4-6-10-17/h4-15,24H,3H2,1-2H3,(H,23,25). The summed E-state index contributed by atoms with van der Waals surface area (Å²) in [4.78, 5) is 13.3. The molecule has 8 heteroatoms. The third-order valence-electron chi connectivity index (χ3n) is 3.97. The normalized spacial score (nSPS) is 11.0. The van der Waals surface area contributed by atoms with Crippen molar-refractivity contribution in [3.05, 3.63) is 72.8 Å². The molecule has 0 saturated heterocycles. The Morgan fingerprint density at radius 1 is 0.967 bits per heavy atom. The number of carbonyl (C=O) groups is 1. The molecule has 156 valence electrons. The van der Waals surface area contributed by atoms with Crippen LogP contribution in [0.15, 0.2) is 87.5 Å². The number of amides is 1. The summed E-state index contributed by atoms with van der Waals surface area (Å²) in [7, 11) is -3.89. The van der Waals surface area contributed by atoms with E-state index in [0.717, 1.165) is 9.79 Å². The van der Waals surface area contributed by atoms with Crippen molar-refractivity contribution in [3.8, 4) is 5.75 Å². The number of sulfonamides is 1. The monoisotopic (exact) mass is 442 g/mol. The molecule has 0 aliphatic heterocycles. The van der Waals surface area contributed by atoms with Crippen LogP contribution in [0, 0.1) is 0 Å². The van der Waals surface area contributed by atoms with Crippen molar-refractivity contribution in [3.63, 3.8) is 0 Å². The molecule has 0 atom stereocenters. The number of rotatable bonds is 8. The van der Waals surface area contributed by atoms with Gasteiger partial charge in [0.25, 0.3) is 10.0 Å². The highest BCUT2D eigenvalue weighted by Gasteiger charge is 2.19. The molecule has 0 saturated carbocycles. The SMILES string of the molecule is CCOc1ccc(S(=O)(=O)Nc2ccccc2Sc2ccccc2)cc1NC(C)=O. The Balaban J connectivity index is 1.91. The molecule has 2 N–H and O–H groups in total. The summed E-state index contributed by atoms with van der Waals surface area (Å²) < 4.78 is 34.2. The lowest BCUT2D eigenvalue weighted by molar-refractivity contribution is -0.114. The maximum absolute atomic E-state index is 13.0. The lowest BCUT2D eigenvalue weighted by Crippen LogP contribution is -2.15. The van der Waals surface area contributed by atoms with Crippen molar-refractivity contribution in [2.75, 3.05) is 16.6 Å². The second kappa shape index (κ2) is 9.69. The van der Waals surface area contributed by atoms with Crippen LogP contribution >= 0.6 is 11.8 Å². The zero-order valence-electron chi connectivity index (χ0n) is 16.6. The Labute approximate surface area is 180 Å². The highest BCUT2D eigenvalue weighted by Crippen LogP contribution is 2.35. The smallest absolute Gasteiger partial charge is 0.262 e. The first-order valence-corrected chi connectivity index (χ1v) is 11.6. The molecule has 1 amide bonds. The highest BCUT2D eigenvalue weighted by atomic mass is 32.2. The number of ether oxygens (including phenoxy) is 1. The van der Waals surface area contributed by atoms with Crippen LogP contribution in [0.25, 0.3) is 0 Å². The lowest BCUT2D eigenvalue weighted by atomic mass is 10.3. The summed E-state index contributed by atoms with van der Waals surface area (Å²) in [6.07, 6.45) is 0. The van der Waals surface area contributed by atoms with E-state index in [1.165, 1.54) is 36.9 Å². The third-order valence-corrected chi connectivity index (χ3v) is 6.42. The maximum atomic E-state index is 13.0. The van der Waals surface area contributed by atoms with Crippen LogP contribution in [-0.4, -0.2) is 20.9 Å². The van der Waals surface area contributed by atoms with Gasteiger partial charge in [0.1, 0.15) is 5.75 Å². The predicted molar refractivity (Wildman–Crippen MR) is 120 cm³/mol. The van der Waals surface area contributed by atoms with E-state index < -0.39 is 10.0 Å². The van der Waals surface area contributed by atoms with Crippen LogP contribution in [0.2, 0.25) is 0 Å². The van der Waals surface area contributed by atoms with Gasteiger partial charge in [-0.15, -0.1) is 0 Å². The molecular weight excluding hydrogens is 420 g/mol. The number of carbonyl (C=O) groups excluding carboxylic acids is 1. The Hall–Kier alpha value is -2.97. The van der Waals surface area contributed by atoms with Gasteiger partial charge in [-0.25, -0.2) is 8.42 Å². The summed E-state index contributed by atoms with van der Waals surface area (Å²) >= 11 is 1.47. The fourth-order valence-corrected chi connectivity index (χ4v) is 4.80. The Kier molecular flexibility index (Phi) is 7.02. The van der Waals surface area contributed by atoms with Crippen LogP contribution in [0.3, 0.4) is 0 Å². The Bertz CT molecular complexity index is 1130. The van der Waals surface area contributed by atoms with Crippen LogP contribution in [0.1, 0.15) is 13.8 Å². The molecule has 6 nitrogen and oxygen atoms in total. The second-order valence-corrected chi connectivity index (χ2v) is 9.09. The molecule has 0 bridgehead atoms. The fraction of sp³-hybridized carbons (Fsp3) is 0.136. The second-order valence-electron chi connectivity index (χ2n) is 6.29. The Morgan fingerprint density at radius 2 is 1.67 bits per heavy atom. The first-order chi connectivity index (χ1) is 14.4. The number of para-hydroxylation sites is 1. The molecule has 3 rings (SSSR count). The molecule has 30 heavy (non-hydrogen) atoms. The van der Waals surface area contributed by atoms with Crippen molar-refractivity contribution in [1.82, 2.24) is 0 Å². The Morgan fingerprint density at radius 3 is 2.37 bits per heavy atom. The van der Waals surface area contributed by atoms with E-state index in [1.807, 2.05) is 49.4 Å². The van der Waals surface area contributed by atoms with Gasteiger partial charge in [-0.05, 0) is 49.4 Å². The van der Waals surface area contributed by atoms with E-state index in [0.29, 0.717) is 23.7 Å². The molecular formula is C22H22N2O4S2. The van der Waals surface area contributed by atoms with Gasteiger partial charge in [-0.3, -0.25) is 9.52 Å². The van der Waals surface area contributed by atoms with E-state index in [-0.39, 0.29) is 10.8 Å². The molecule has 0 aliphatic carbocycles. The van der Waals surface area contributed by atoms with Crippen LogP contribution in [-0.2, 0) is 14.8 Å². The van der Waals surface area contributed by atoms with Gasteiger partial charge in [-0.2, -0.15) is 0 Å². The average Bonchev–Trinajstić information content (AvgIpc) is 2.71. The minimum Gasteiger partial charge on any atom is -0.492 e. The van der Waals surface area contributed by atoms with Crippen molar-refractivity contribution in [2.24, 2.45) is 0 Å². The molecule has 0 aromatic heterocycles. The van der Waals surface area contributed by atoms with Gasteiger partial charge < -0.3 is 10.1 Å². The zero-order chi connectivity index (χ0) is 21.6. The van der Waals surface area contributed by atoms with Gasteiger partial charge in [0, 0.05) is 16.7 Å². The molecule has 0 fully saturated rings. The van der Waals surface area contributed by atoms with E-state index in [1.54, 1.807) is 12.1 Å². The maximum Gasteiger partial charge on any atom is 0.262 e. The summed E-state index contributed by atoms with van der Waals surface area (Å²) in [5.74, 6) is 0.0924. The minimum atomic E-state index is -3.89. The topological polar surface area (TPSA) is 84.5 Å². The largest absolute Gasteiger partial charge is 0.492 e. The molecule has 3 aromatic carbocycles. The summed E-state index contributed by atoms with van der Waals surface area (Å²) in [5.41, 5.74) is 0.778. The summed E-state index contributed by atoms with van der Waals surface area (Å²) in [5, 5.41) is 2.62. The van der Waals surface area contributed by atoms with Crippen molar-refractivity contribution in [1.29, 1.82) is 0 Å². The summed E-state index contributed by atoms with van der Waals surface area (Å²) in [6, 6.07) is 21.3. The molecule has 0 heterocycles. The number of hydrogen-bond acceptors (Lipinski definition) is 5. The van der Waals surface area contributed by atoms with Crippen molar-refractivity contribution >= 4 is 39.1 Å². The van der Waals surface area contributed by atoms with Gasteiger partial charge in [-0.1, -0.05) is 42.1 Å². The van der Waals surface area contributed by atoms with E-state index in [9.17, 15) is 13.2 Å². The lowest BCUT2D eigenvalue weighted by Gasteiger charge is -2.15. The average molecular weight is 443 g/mol. The van der Waals surface area contributed by atoms with Gasteiger partial charge in [0.2, 0.25) is 5.91 Å². The van der Waals surface area contributed by atoms with E-state index >= 15 is 0 Å². The van der Waals surface area contributed by atoms with Gasteiger partial charge >= 0.3 is 0 Å². The quantitative estimate of drug-likeness (QED) is 0.513. The number of nitrogens with one attached hydrogen (secondary N) is 2. The molecule has 0 unspecified atom stereocenters. The van der Waals surface area contributed by atoms with E-state index in [4.69, 9.17) is 4.74 Å². The number of hydrogen-bond donors (Lipinski definition) is 2. The molecule has 0 radical (unpaired) electrons. The zero-order valence-corrected chi connectivity index (χ0v) is 18.2. The summed E-state index contributed by atoms with van der Waals surface area (Å²) in [6.45, 7) is 3.55. The van der Waals surface area contributed by atoms with Crippen LogP contribution in [0.5, 0.6) is 5.75 Å². The highest BCUT2D eigenvalue weighted by molar-refractivity contribution is 7.99. The number of benzene rings is 3. The van der Waals surface area contributed by atoms with E-state index in [2.05, 4.69) is 10.0 Å². The van der Waals surface area contributed by atoms with Gasteiger partial charge in [0.05, 0.1) is 22.9 Å². The number of anilines is 2. The molecule has 0 spiro atoms. The minimum absolute atomic E-state index is 0.0224. The van der Waals surface area contributed by atoms with Crippen molar-refractivity contribution < 1.29 is 17.9 Å². The van der Waals surface area contributed by atoms with Gasteiger partial charge in [0.15, 0.2) is 0 Å². The van der Waals surface area contributed by atoms with Crippen LogP contribution in [0.4, 0.5) is 11.4 Å².